The standard InChI is InChI=1S/C24H34N2O2/c1-7-9-10-11-12-13-20-22-17(5)23(24(27)28-8-2)25-19(22)14-21-16(4)15(3)18(6)26(20)21/h14,18H,7-13H2,1-6H3/p+1/t18-/m1/s1. The maximum atomic E-state index is 12.4. The number of aryl methyl sites for hydroxylation is 2. The molecule has 1 atom stereocenters. The van der Waals surface area contributed by atoms with Crippen LogP contribution < -0.4 is 4.57 Å². The topological polar surface area (TPSA) is 46.0 Å². The molecule has 0 saturated carbocycles. The molecule has 0 aliphatic carbocycles. The lowest BCUT2D eigenvalue weighted by atomic mass is 10.0. The Bertz CT molecular complexity index is 921. The van der Waals surface area contributed by atoms with Gasteiger partial charge in [-0.3, -0.25) is 0 Å². The van der Waals surface area contributed by atoms with Gasteiger partial charge in [-0.25, -0.2) is 4.79 Å². The molecule has 4 nitrogen and oxygen atoms in total. The van der Waals surface area contributed by atoms with E-state index in [1.807, 2.05) is 13.8 Å². The van der Waals surface area contributed by atoms with E-state index in [1.54, 1.807) is 0 Å². The van der Waals surface area contributed by atoms with E-state index < -0.39 is 0 Å². The lowest BCUT2D eigenvalue weighted by molar-refractivity contribution is -0.713. The van der Waals surface area contributed by atoms with Crippen molar-refractivity contribution < 1.29 is 14.1 Å². The minimum Gasteiger partial charge on any atom is -0.461 e. The van der Waals surface area contributed by atoms with E-state index in [4.69, 9.17) is 4.74 Å². The first-order valence-corrected chi connectivity index (χ1v) is 10.9. The van der Waals surface area contributed by atoms with Crippen molar-refractivity contribution >= 4 is 22.4 Å². The Morgan fingerprint density at radius 1 is 1.14 bits per heavy atom. The lowest BCUT2D eigenvalue weighted by Gasteiger charge is -2.11. The second kappa shape index (κ2) is 8.50. The van der Waals surface area contributed by atoms with Crippen LogP contribution in [0, 0.1) is 6.92 Å². The smallest absolute Gasteiger partial charge is 0.355 e. The van der Waals surface area contributed by atoms with Gasteiger partial charge in [-0.15, -0.1) is 0 Å². The van der Waals surface area contributed by atoms with E-state index in [0.717, 1.165) is 17.5 Å². The fourth-order valence-corrected chi connectivity index (χ4v) is 4.56. The van der Waals surface area contributed by atoms with Crippen molar-refractivity contribution in [2.75, 3.05) is 6.61 Å². The zero-order valence-electron chi connectivity index (χ0n) is 18.4. The first-order chi connectivity index (χ1) is 13.4. The molecule has 0 aromatic carbocycles. The summed E-state index contributed by atoms with van der Waals surface area (Å²) in [5, 5.41) is 1.21. The zero-order valence-corrected chi connectivity index (χ0v) is 18.4. The summed E-state index contributed by atoms with van der Waals surface area (Å²) in [6.07, 6.45) is 7.35. The maximum absolute atomic E-state index is 12.4. The van der Waals surface area contributed by atoms with E-state index in [2.05, 4.69) is 43.3 Å². The lowest BCUT2D eigenvalue weighted by Crippen LogP contribution is -2.42. The highest BCUT2D eigenvalue weighted by Crippen LogP contribution is 2.35. The molecule has 152 valence electrons. The van der Waals surface area contributed by atoms with Crippen LogP contribution >= 0.6 is 0 Å². The number of unbranched alkanes of at least 4 members (excludes halogenated alkanes) is 4. The van der Waals surface area contributed by atoms with Gasteiger partial charge in [0.25, 0.3) is 0 Å². The summed E-state index contributed by atoms with van der Waals surface area (Å²) in [7, 11) is 0. The van der Waals surface area contributed by atoms with E-state index in [-0.39, 0.29) is 5.97 Å². The molecule has 0 radical (unpaired) electrons. The molecule has 0 amide bonds. The number of allylic oxidation sites excluding steroid dienone is 2. The molecule has 4 heteroatoms. The van der Waals surface area contributed by atoms with Crippen LogP contribution in [-0.4, -0.2) is 17.6 Å². The number of H-pyrrole nitrogens is 1. The predicted molar refractivity (Wildman–Crippen MR) is 115 cm³/mol. The third-order valence-electron chi connectivity index (χ3n) is 6.39. The van der Waals surface area contributed by atoms with Crippen LogP contribution in [0.1, 0.15) is 100 Å². The van der Waals surface area contributed by atoms with Crippen LogP contribution in [0.2, 0.25) is 0 Å². The number of aromatic nitrogens is 2. The summed E-state index contributed by atoms with van der Waals surface area (Å²) in [4.78, 5) is 15.8. The van der Waals surface area contributed by atoms with E-state index in [1.165, 1.54) is 60.0 Å². The predicted octanol–water partition coefficient (Wildman–Crippen LogP) is 5.82. The summed E-state index contributed by atoms with van der Waals surface area (Å²) < 4.78 is 7.78. The second-order valence-electron chi connectivity index (χ2n) is 8.13. The van der Waals surface area contributed by atoms with Crippen LogP contribution in [-0.2, 0) is 11.2 Å². The Morgan fingerprint density at radius 2 is 1.86 bits per heavy atom. The Morgan fingerprint density at radius 3 is 2.54 bits per heavy atom. The third-order valence-corrected chi connectivity index (χ3v) is 6.39. The largest absolute Gasteiger partial charge is 0.461 e. The quantitative estimate of drug-likeness (QED) is 0.354. The molecule has 0 spiro atoms. The normalized spacial score (nSPS) is 16.1. The monoisotopic (exact) mass is 383 g/mol. The zero-order chi connectivity index (χ0) is 20.4. The molecule has 3 heterocycles. The number of hydrogen-bond acceptors (Lipinski definition) is 2. The van der Waals surface area contributed by atoms with Gasteiger partial charge >= 0.3 is 5.97 Å². The fraction of sp³-hybridized carbons (Fsp3) is 0.583. The van der Waals surface area contributed by atoms with Crippen LogP contribution in [0.5, 0.6) is 0 Å². The molecular formula is C24H35N2O2+. The third kappa shape index (κ3) is 3.49. The minimum atomic E-state index is -0.258. The molecule has 0 fully saturated rings. The number of fused-ring (bicyclic) bond motifs is 2. The van der Waals surface area contributed by atoms with Crippen molar-refractivity contribution in [3.63, 3.8) is 0 Å². The Labute approximate surface area is 169 Å². The van der Waals surface area contributed by atoms with E-state index in [0.29, 0.717) is 18.3 Å². The number of esters is 1. The highest BCUT2D eigenvalue weighted by atomic mass is 16.5. The number of carbonyl (C=O) groups is 1. The van der Waals surface area contributed by atoms with Crippen molar-refractivity contribution in [3.05, 3.63) is 34.3 Å². The van der Waals surface area contributed by atoms with Crippen molar-refractivity contribution in [2.24, 2.45) is 0 Å². The highest BCUT2D eigenvalue weighted by molar-refractivity contribution is 5.99. The van der Waals surface area contributed by atoms with Gasteiger partial charge in [0.1, 0.15) is 5.69 Å². The number of nitrogens with one attached hydrogen (secondary N) is 1. The fourth-order valence-electron chi connectivity index (χ4n) is 4.56. The molecule has 2 aromatic rings. The Balaban J connectivity index is 2.10. The van der Waals surface area contributed by atoms with Crippen LogP contribution in [0.3, 0.4) is 0 Å². The van der Waals surface area contributed by atoms with Crippen molar-refractivity contribution in [2.45, 2.75) is 86.1 Å². The molecule has 0 unspecified atom stereocenters. The Hall–Kier alpha value is -2.10. The molecule has 1 N–H and O–H groups in total. The summed E-state index contributed by atoms with van der Waals surface area (Å²) >= 11 is 0. The summed E-state index contributed by atoms with van der Waals surface area (Å²) in [6.45, 7) is 13.3. The summed E-state index contributed by atoms with van der Waals surface area (Å²) in [6, 6.07) is 2.58. The molecular weight excluding hydrogens is 348 g/mol. The minimum absolute atomic E-state index is 0.258. The summed E-state index contributed by atoms with van der Waals surface area (Å²) in [5.41, 5.74) is 8.09. The average molecular weight is 384 g/mol. The van der Waals surface area contributed by atoms with Gasteiger partial charge < -0.3 is 9.72 Å². The molecule has 0 bridgehead atoms. The molecule has 28 heavy (non-hydrogen) atoms. The first kappa shape index (κ1) is 20.6. The SMILES string of the molecule is CCCCCCCc1c2c(C)c(C(=O)OCC)[nH]c2cc2[n+]1[C@H](C)C(C)=C2C. The van der Waals surface area contributed by atoms with Crippen LogP contribution in [0.15, 0.2) is 11.6 Å². The van der Waals surface area contributed by atoms with Crippen molar-refractivity contribution in [3.8, 4) is 0 Å². The number of hydrogen-bond donors (Lipinski definition) is 1. The number of rotatable bonds is 8. The van der Waals surface area contributed by atoms with Crippen LogP contribution in [0.25, 0.3) is 16.5 Å². The molecule has 2 aromatic heterocycles. The van der Waals surface area contributed by atoms with Gasteiger partial charge in [0, 0.05) is 30.6 Å². The maximum Gasteiger partial charge on any atom is 0.355 e. The van der Waals surface area contributed by atoms with Gasteiger partial charge in [-0.2, -0.15) is 4.57 Å². The first-order valence-electron chi connectivity index (χ1n) is 10.9. The number of carbonyl (C=O) groups excluding carboxylic acids is 1. The summed E-state index contributed by atoms with van der Waals surface area (Å²) in [5.74, 6) is -0.258. The number of nitrogens with zero attached hydrogens (tertiary/aromatic N) is 1. The van der Waals surface area contributed by atoms with Gasteiger partial charge in [0.2, 0.25) is 5.69 Å². The number of pyridine rings is 1. The number of aromatic amines is 1. The Kier molecular flexibility index (Phi) is 6.26. The molecule has 1 aliphatic rings. The molecule has 0 saturated heterocycles. The highest BCUT2D eigenvalue weighted by Gasteiger charge is 2.36. The molecule has 3 rings (SSSR count). The average Bonchev–Trinajstić information content (AvgIpc) is 3.11. The number of ether oxygens (including phenoxy) is 1. The van der Waals surface area contributed by atoms with E-state index in [9.17, 15) is 4.79 Å². The van der Waals surface area contributed by atoms with Crippen molar-refractivity contribution in [1.82, 2.24) is 4.98 Å². The van der Waals surface area contributed by atoms with E-state index >= 15 is 0 Å². The molecule has 1 aliphatic heterocycles. The van der Waals surface area contributed by atoms with Gasteiger partial charge in [-0.05, 0) is 39.7 Å². The van der Waals surface area contributed by atoms with Gasteiger partial charge in [0.15, 0.2) is 11.7 Å². The van der Waals surface area contributed by atoms with Gasteiger partial charge in [0.05, 0.1) is 17.5 Å². The van der Waals surface area contributed by atoms with Crippen molar-refractivity contribution in [1.29, 1.82) is 0 Å². The second-order valence-corrected chi connectivity index (χ2v) is 8.13. The van der Waals surface area contributed by atoms with Crippen LogP contribution in [0.4, 0.5) is 0 Å². The van der Waals surface area contributed by atoms with Gasteiger partial charge in [-0.1, -0.05) is 32.6 Å².